The summed E-state index contributed by atoms with van der Waals surface area (Å²) in [4.78, 5) is 35.9. The highest BCUT2D eigenvalue weighted by Crippen LogP contribution is 2.34. The number of H-pyrrole nitrogens is 1. The molecule has 0 radical (unpaired) electrons. The Morgan fingerprint density at radius 1 is 0.944 bits per heavy atom. The molecule has 6 heteroatoms. The predicted octanol–water partition coefficient (Wildman–Crippen LogP) is 5.26. The molecular weight excluding hydrogens is 448 g/mol. The number of fused-ring (bicyclic) bond motifs is 2. The number of benzene rings is 3. The predicted molar refractivity (Wildman–Crippen MR) is 143 cm³/mol. The fourth-order valence-electron chi connectivity index (χ4n) is 5.60. The number of carbonyl (C=O) groups is 1. The highest BCUT2D eigenvalue weighted by atomic mass is 16.2. The van der Waals surface area contributed by atoms with Gasteiger partial charge in [-0.15, -0.1) is 0 Å². The number of aromatic nitrogens is 3. The van der Waals surface area contributed by atoms with Crippen LogP contribution < -0.4 is 5.69 Å². The number of amides is 1. The third-order valence-electron chi connectivity index (χ3n) is 7.40. The van der Waals surface area contributed by atoms with Crippen LogP contribution in [-0.2, 0) is 11.2 Å². The molecule has 2 aromatic heterocycles. The van der Waals surface area contributed by atoms with Crippen molar-refractivity contribution < 1.29 is 4.79 Å². The van der Waals surface area contributed by atoms with Gasteiger partial charge in [0.1, 0.15) is 0 Å². The molecule has 3 heterocycles. The van der Waals surface area contributed by atoms with Crippen molar-refractivity contribution in [2.24, 2.45) is 0 Å². The number of rotatable bonds is 4. The van der Waals surface area contributed by atoms with Gasteiger partial charge < -0.3 is 9.88 Å². The molecule has 0 unspecified atom stereocenters. The molecule has 1 aliphatic heterocycles. The molecule has 0 saturated carbocycles. The van der Waals surface area contributed by atoms with Crippen molar-refractivity contribution in [2.45, 2.75) is 32.2 Å². The fourth-order valence-corrected chi connectivity index (χ4v) is 5.60. The minimum absolute atomic E-state index is 0.0775. The molecule has 1 aliphatic rings. The first-order valence-corrected chi connectivity index (χ1v) is 12.5. The highest BCUT2D eigenvalue weighted by molar-refractivity contribution is 5.98. The van der Waals surface area contributed by atoms with E-state index in [2.05, 4.69) is 23.2 Å². The highest BCUT2D eigenvalue weighted by Gasteiger charge is 2.27. The van der Waals surface area contributed by atoms with Crippen molar-refractivity contribution >= 4 is 27.8 Å². The monoisotopic (exact) mass is 476 g/mol. The third-order valence-corrected chi connectivity index (χ3v) is 7.40. The van der Waals surface area contributed by atoms with Gasteiger partial charge in [0.25, 0.3) is 0 Å². The number of hydrogen-bond acceptors (Lipinski definition) is 3. The maximum absolute atomic E-state index is 13.5. The second-order valence-electron chi connectivity index (χ2n) is 9.54. The van der Waals surface area contributed by atoms with Gasteiger partial charge in [-0.1, -0.05) is 60.7 Å². The average molecular weight is 477 g/mol. The van der Waals surface area contributed by atoms with Crippen molar-refractivity contribution in [1.29, 1.82) is 0 Å². The molecule has 3 aromatic carbocycles. The number of likely N-dealkylation sites (tertiary alicyclic amines) is 1. The van der Waals surface area contributed by atoms with Gasteiger partial charge in [-0.3, -0.25) is 14.3 Å². The van der Waals surface area contributed by atoms with Crippen LogP contribution in [0.15, 0.2) is 83.7 Å². The molecule has 0 bridgehead atoms. The molecule has 0 atom stereocenters. The van der Waals surface area contributed by atoms with Crippen molar-refractivity contribution in [3.8, 4) is 11.1 Å². The van der Waals surface area contributed by atoms with E-state index in [-0.39, 0.29) is 17.6 Å². The van der Waals surface area contributed by atoms with Crippen LogP contribution in [-0.4, -0.2) is 38.4 Å². The number of aromatic amines is 1. The maximum Gasteiger partial charge on any atom is 0.326 e. The SMILES string of the molecule is Cc1nc2ccccc2c(-c2ccccc2)c1CC(=O)N1CCC(n2c(=O)[nH]c3ccccc32)CC1. The summed E-state index contributed by atoms with van der Waals surface area (Å²) in [5, 5.41) is 1.06. The van der Waals surface area contributed by atoms with Crippen LogP contribution in [0.3, 0.4) is 0 Å². The minimum Gasteiger partial charge on any atom is -0.342 e. The minimum atomic E-state index is -0.0775. The van der Waals surface area contributed by atoms with Gasteiger partial charge in [0.2, 0.25) is 5.91 Å². The summed E-state index contributed by atoms with van der Waals surface area (Å²) in [6, 6.07) is 26.3. The van der Waals surface area contributed by atoms with E-state index in [0.717, 1.165) is 57.2 Å². The van der Waals surface area contributed by atoms with Gasteiger partial charge in [-0.25, -0.2) is 4.79 Å². The Kier molecular flexibility index (Phi) is 5.64. The normalized spacial score (nSPS) is 14.5. The lowest BCUT2D eigenvalue weighted by Crippen LogP contribution is -2.41. The Morgan fingerprint density at radius 3 is 2.44 bits per heavy atom. The molecule has 0 spiro atoms. The van der Waals surface area contributed by atoms with E-state index < -0.39 is 0 Å². The first-order valence-electron chi connectivity index (χ1n) is 12.5. The van der Waals surface area contributed by atoms with E-state index in [1.807, 2.05) is 77.1 Å². The second kappa shape index (κ2) is 9.11. The average Bonchev–Trinajstić information content (AvgIpc) is 3.25. The fraction of sp³-hybridized carbons (Fsp3) is 0.233. The molecule has 1 N–H and O–H groups in total. The van der Waals surface area contributed by atoms with Crippen molar-refractivity contribution in [2.75, 3.05) is 13.1 Å². The van der Waals surface area contributed by atoms with E-state index in [0.29, 0.717) is 19.5 Å². The van der Waals surface area contributed by atoms with Crippen LogP contribution in [0.25, 0.3) is 33.1 Å². The Balaban J connectivity index is 1.27. The summed E-state index contributed by atoms with van der Waals surface area (Å²) in [6.45, 7) is 3.27. The number of hydrogen-bond donors (Lipinski definition) is 1. The lowest BCUT2D eigenvalue weighted by molar-refractivity contribution is -0.131. The summed E-state index contributed by atoms with van der Waals surface area (Å²) in [5.41, 5.74) is 6.71. The molecule has 1 amide bonds. The summed E-state index contributed by atoms with van der Waals surface area (Å²) in [7, 11) is 0. The number of imidazole rings is 1. The van der Waals surface area contributed by atoms with E-state index in [4.69, 9.17) is 4.98 Å². The van der Waals surface area contributed by atoms with E-state index in [1.54, 1.807) is 0 Å². The summed E-state index contributed by atoms with van der Waals surface area (Å²) < 4.78 is 1.86. The Bertz CT molecular complexity index is 1630. The zero-order valence-corrected chi connectivity index (χ0v) is 20.3. The smallest absolute Gasteiger partial charge is 0.326 e. The number of nitrogens with zero attached hydrogens (tertiary/aromatic N) is 3. The molecule has 0 aliphatic carbocycles. The van der Waals surface area contributed by atoms with Gasteiger partial charge in [0, 0.05) is 30.2 Å². The molecule has 6 nitrogen and oxygen atoms in total. The van der Waals surface area contributed by atoms with Gasteiger partial charge in [0.05, 0.1) is 23.0 Å². The molecule has 36 heavy (non-hydrogen) atoms. The van der Waals surface area contributed by atoms with Crippen LogP contribution in [0.5, 0.6) is 0 Å². The standard InChI is InChI=1S/C30H28N4O2/c1-20-24(29(21-9-3-2-4-10-21)23-11-5-6-12-25(23)31-20)19-28(35)33-17-15-22(16-18-33)34-27-14-8-7-13-26(27)32-30(34)36/h2-14,22H,15-19H2,1H3,(H,32,36). The lowest BCUT2D eigenvalue weighted by Gasteiger charge is -2.33. The number of pyridine rings is 1. The summed E-state index contributed by atoms with van der Waals surface area (Å²) in [6.07, 6.45) is 1.83. The van der Waals surface area contributed by atoms with Crippen LogP contribution in [0.1, 0.15) is 30.1 Å². The van der Waals surface area contributed by atoms with Crippen LogP contribution in [0.4, 0.5) is 0 Å². The van der Waals surface area contributed by atoms with Crippen molar-refractivity contribution in [1.82, 2.24) is 19.4 Å². The van der Waals surface area contributed by atoms with Gasteiger partial charge in [0.15, 0.2) is 0 Å². The van der Waals surface area contributed by atoms with Crippen molar-refractivity contribution in [3.05, 3.63) is 101 Å². The molecule has 1 fully saturated rings. The molecular formula is C30H28N4O2. The van der Waals surface area contributed by atoms with E-state index in [1.165, 1.54) is 0 Å². The Morgan fingerprint density at radius 2 is 1.64 bits per heavy atom. The summed E-state index contributed by atoms with van der Waals surface area (Å²) in [5.74, 6) is 0.108. The first-order chi connectivity index (χ1) is 17.6. The van der Waals surface area contributed by atoms with E-state index in [9.17, 15) is 9.59 Å². The number of aryl methyl sites for hydroxylation is 1. The molecule has 180 valence electrons. The van der Waals surface area contributed by atoms with Gasteiger partial charge in [-0.05, 0) is 54.7 Å². The zero-order valence-electron chi connectivity index (χ0n) is 20.3. The molecule has 1 saturated heterocycles. The second-order valence-corrected chi connectivity index (χ2v) is 9.54. The lowest BCUT2D eigenvalue weighted by atomic mass is 9.92. The van der Waals surface area contributed by atoms with Crippen molar-refractivity contribution in [3.63, 3.8) is 0 Å². The number of nitrogens with one attached hydrogen (secondary N) is 1. The van der Waals surface area contributed by atoms with Gasteiger partial charge >= 0.3 is 5.69 Å². The van der Waals surface area contributed by atoms with Crippen LogP contribution in [0, 0.1) is 6.92 Å². The van der Waals surface area contributed by atoms with Crippen LogP contribution >= 0.6 is 0 Å². The van der Waals surface area contributed by atoms with Crippen LogP contribution in [0.2, 0.25) is 0 Å². The zero-order chi connectivity index (χ0) is 24.6. The van der Waals surface area contributed by atoms with E-state index >= 15 is 0 Å². The Labute approximate surface area is 209 Å². The number of para-hydroxylation sites is 3. The molecule has 5 aromatic rings. The molecule has 6 rings (SSSR count). The number of piperidine rings is 1. The largest absolute Gasteiger partial charge is 0.342 e. The third kappa shape index (κ3) is 3.88. The Hall–Kier alpha value is -4.19. The maximum atomic E-state index is 13.5. The summed E-state index contributed by atoms with van der Waals surface area (Å²) >= 11 is 0. The topological polar surface area (TPSA) is 71.0 Å². The van der Waals surface area contributed by atoms with Gasteiger partial charge in [-0.2, -0.15) is 0 Å². The number of carbonyl (C=O) groups excluding carboxylic acids is 1. The first kappa shape index (κ1) is 22.3. The quantitative estimate of drug-likeness (QED) is 0.385.